The number of hydrogen-bond acceptors (Lipinski definition) is 4. The fraction of sp³-hybridized carbons (Fsp3) is 0.846. The summed E-state index contributed by atoms with van der Waals surface area (Å²) >= 11 is 0. The van der Waals surface area contributed by atoms with Crippen molar-refractivity contribution < 1.29 is 19.4 Å². The maximum atomic E-state index is 11.8. The molecule has 0 aromatic carbocycles. The van der Waals surface area contributed by atoms with Gasteiger partial charge in [-0.2, -0.15) is 0 Å². The van der Waals surface area contributed by atoms with Crippen LogP contribution in [0.25, 0.3) is 0 Å². The highest BCUT2D eigenvalue weighted by molar-refractivity contribution is 5.86. The molecule has 0 spiro atoms. The number of amides is 1. The zero-order valence-electron chi connectivity index (χ0n) is 11.5. The lowest BCUT2D eigenvalue weighted by molar-refractivity contribution is -0.144. The molecular weight excluding hydrogens is 248 g/mol. The lowest BCUT2D eigenvalue weighted by Crippen LogP contribution is -2.57. The molecule has 6 heteroatoms. The van der Waals surface area contributed by atoms with Gasteiger partial charge in [-0.25, -0.2) is 0 Å². The number of piperazine rings is 1. The highest BCUT2D eigenvalue weighted by Crippen LogP contribution is 2.30. The Labute approximate surface area is 113 Å². The molecule has 2 aliphatic heterocycles. The Morgan fingerprint density at radius 2 is 2.32 bits per heavy atom. The monoisotopic (exact) mass is 270 g/mol. The van der Waals surface area contributed by atoms with E-state index in [9.17, 15) is 9.59 Å². The Morgan fingerprint density at radius 1 is 1.58 bits per heavy atom. The molecule has 108 valence electrons. The molecule has 2 fully saturated rings. The van der Waals surface area contributed by atoms with Crippen LogP contribution in [-0.2, 0) is 14.3 Å². The fourth-order valence-corrected chi connectivity index (χ4v) is 2.84. The standard InChI is InChI=1S/C13H22N2O4/c1-13(2)4-3-9(19-13)8-15-6-5-14-12(18)10(15)7-11(16)17/h9-10H,3-8H2,1-2H3,(H,14,18)(H,16,17). The fourth-order valence-electron chi connectivity index (χ4n) is 2.84. The van der Waals surface area contributed by atoms with Gasteiger partial charge in [-0.1, -0.05) is 0 Å². The first kappa shape index (κ1) is 14.3. The smallest absolute Gasteiger partial charge is 0.305 e. The molecule has 0 saturated carbocycles. The maximum absolute atomic E-state index is 11.8. The number of carbonyl (C=O) groups is 2. The van der Waals surface area contributed by atoms with Crippen molar-refractivity contribution in [2.75, 3.05) is 19.6 Å². The SMILES string of the molecule is CC1(C)CCC(CN2CCNC(=O)C2CC(=O)O)O1. The molecule has 2 aliphatic rings. The Kier molecular flexibility index (Phi) is 4.10. The van der Waals surface area contributed by atoms with Crippen LogP contribution in [0.15, 0.2) is 0 Å². The number of ether oxygens (including phenoxy) is 1. The second kappa shape index (κ2) is 5.46. The van der Waals surface area contributed by atoms with Crippen LogP contribution in [0, 0.1) is 0 Å². The van der Waals surface area contributed by atoms with E-state index in [2.05, 4.69) is 19.2 Å². The van der Waals surface area contributed by atoms with E-state index in [1.807, 2.05) is 4.90 Å². The number of rotatable bonds is 4. The second-order valence-corrected chi connectivity index (χ2v) is 5.94. The highest BCUT2D eigenvalue weighted by Gasteiger charge is 2.37. The molecule has 2 rings (SSSR count). The van der Waals surface area contributed by atoms with Gasteiger partial charge in [0.1, 0.15) is 0 Å². The Hall–Kier alpha value is -1.14. The van der Waals surface area contributed by atoms with Crippen molar-refractivity contribution in [3.8, 4) is 0 Å². The van der Waals surface area contributed by atoms with Crippen LogP contribution in [0.2, 0.25) is 0 Å². The van der Waals surface area contributed by atoms with Crippen molar-refractivity contribution in [1.29, 1.82) is 0 Å². The third-order valence-corrected chi connectivity index (χ3v) is 3.80. The van der Waals surface area contributed by atoms with Crippen molar-refractivity contribution in [3.63, 3.8) is 0 Å². The van der Waals surface area contributed by atoms with Gasteiger partial charge >= 0.3 is 5.97 Å². The third kappa shape index (κ3) is 3.67. The first-order chi connectivity index (χ1) is 8.87. The van der Waals surface area contributed by atoms with Gasteiger partial charge in [0.15, 0.2) is 0 Å². The minimum Gasteiger partial charge on any atom is -0.481 e. The van der Waals surface area contributed by atoms with Crippen LogP contribution < -0.4 is 5.32 Å². The minimum absolute atomic E-state index is 0.0946. The maximum Gasteiger partial charge on any atom is 0.305 e. The quantitative estimate of drug-likeness (QED) is 0.764. The molecule has 0 radical (unpaired) electrons. The molecule has 0 aromatic rings. The average molecular weight is 270 g/mol. The molecule has 2 atom stereocenters. The zero-order chi connectivity index (χ0) is 14.0. The van der Waals surface area contributed by atoms with E-state index in [1.54, 1.807) is 0 Å². The molecule has 0 bridgehead atoms. The molecule has 2 N–H and O–H groups in total. The number of hydrogen-bond donors (Lipinski definition) is 2. The number of carboxylic acids is 1. The average Bonchev–Trinajstić information content (AvgIpc) is 2.63. The molecule has 2 heterocycles. The number of carboxylic acid groups (broad SMARTS) is 1. The summed E-state index contributed by atoms with van der Waals surface area (Å²) in [5.74, 6) is -1.13. The zero-order valence-corrected chi connectivity index (χ0v) is 11.5. The van der Waals surface area contributed by atoms with E-state index < -0.39 is 12.0 Å². The highest BCUT2D eigenvalue weighted by atomic mass is 16.5. The van der Waals surface area contributed by atoms with Crippen LogP contribution in [0.4, 0.5) is 0 Å². The van der Waals surface area contributed by atoms with Crippen LogP contribution in [0.3, 0.4) is 0 Å². The van der Waals surface area contributed by atoms with Gasteiger partial charge in [0.2, 0.25) is 5.91 Å². The topological polar surface area (TPSA) is 78.9 Å². The van der Waals surface area contributed by atoms with E-state index in [0.29, 0.717) is 19.6 Å². The van der Waals surface area contributed by atoms with Crippen LogP contribution in [0.1, 0.15) is 33.1 Å². The first-order valence-electron chi connectivity index (χ1n) is 6.79. The largest absolute Gasteiger partial charge is 0.481 e. The van der Waals surface area contributed by atoms with Gasteiger partial charge in [0.25, 0.3) is 0 Å². The summed E-state index contributed by atoms with van der Waals surface area (Å²) in [4.78, 5) is 24.6. The second-order valence-electron chi connectivity index (χ2n) is 5.94. The molecule has 0 aliphatic carbocycles. The van der Waals surface area contributed by atoms with E-state index in [4.69, 9.17) is 9.84 Å². The summed E-state index contributed by atoms with van der Waals surface area (Å²) in [5.41, 5.74) is -0.106. The van der Waals surface area contributed by atoms with Gasteiger partial charge < -0.3 is 15.2 Å². The van der Waals surface area contributed by atoms with Crippen LogP contribution in [-0.4, -0.2) is 59.3 Å². The molecule has 1 amide bonds. The molecule has 2 saturated heterocycles. The Morgan fingerprint density at radius 3 is 2.89 bits per heavy atom. The number of nitrogens with zero attached hydrogens (tertiary/aromatic N) is 1. The van der Waals surface area contributed by atoms with Gasteiger partial charge in [-0.15, -0.1) is 0 Å². The van der Waals surface area contributed by atoms with E-state index in [1.165, 1.54) is 0 Å². The molecular formula is C13H22N2O4. The van der Waals surface area contributed by atoms with Gasteiger partial charge in [-0.3, -0.25) is 14.5 Å². The predicted octanol–water partition coefficient (Wildman–Crippen LogP) is 0.219. The molecule has 0 aromatic heterocycles. The molecule has 2 unspecified atom stereocenters. The van der Waals surface area contributed by atoms with E-state index in [-0.39, 0.29) is 24.0 Å². The van der Waals surface area contributed by atoms with Crippen LogP contribution >= 0.6 is 0 Å². The van der Waals surface area contributed by atoms with Gasteiger partial charge in [0.05, 0.1) is 24.2 Å². The van der Waals surface area contributed by atoms with E-state index in [0.717, 1.165) is 12.8 Å². The predicted molar refractivity (Wildman–Crippen MR) is 68.8 cm³/mol. The van der Waals surface area contributed by atoms with Crippen molar-refractivity contribution >= 4 is 11.9 Å². The summed E-state index contributed by atoms with van der Waals surface area (Å²) in [6, 6.07) is -0.571. The summed E-state index contributed by atoms with van der Waals surface area (Å²) in [5, 5.41) is 11.6. The number of nitrogens with one attached hydrogen (secondary N) is 1. The molecule has 19 heavy (non-hydrogen) atoms. The lowest BCUT2D eigenvalue weighted by atomic mass is 10.0. The van der Waals surface area contributed by atoms with Crippen molar-refractivity contribution in [1.82, 2.24) is 10.2 Å². The van der Waals surface area contributed by atoms with Crippen molar-refractivity contribution in [2.45, 2.75) is 50.9 Å². The normalized spacial score (nSPS) is 31.2. The Balaban J connectivity index is 1.96. The van der Waals surface area contributed by atoms with Gasteiger partial charge in [-0.05, 0) is 26.7 Å². The van der Waals surface area contributed by atoms with Crippen molar-refractivity contribution in [3.05, 3.63) is 0 Å². The minimum atomic E-state index is -0.945. The summed E-state index contributed by atoms with van der Waals surface area (Å²) in [6.45, 7) is 6.01. The molecule has 6 nitrogen and oxygen atoms in total. The lowest BCUT2D eigenvalue weighted by Gasteiger charge is -2.35. The van der Waals surface area contributed by atoms with Crippen molar-refractivity contribution in [2.24, 2.45) is 0 Å². The summed E-state index contributed by atoms with van der Waals surface area (Å²) in [6.07, 6.45) is 1.91. The van der Waals surface area contributed by atoms with Gasteiger partial charge in [0, 0.05) is 19.6 Å². The summed E-state index contributed by atoms with van der Waals surface area (Å²) < 4.78 is 5.92. The first-order valence-corrected chi connectivity index (χ1v) is 6.79. The third-order valence-electron chi connectivity index (χ3n) is 3.80. The number of aliphatic carboxylic acids is 1. The summed E-state index contributed by atoms with van der Waals surface area (Å²) in [7, 11) is 0. The van der Waals surface area contributed by atoms with Crippen LogP contribution in [0.5, 0.6) is 0 Å². The Bertz CT molecular complexity index is 370. The number of carbonyl (C=O) groups excluding carboxylic acids is 1. The van der Waals surface area contributed by atoms with E-state index >= 15 is 0 Å².